The van der Waals surface area contributed by atoms with Crippen molar-refractivity contribution in [3.8, 4) is 45.3 Å². The molecule has 0 aromatic heterocycles. The summed E-state index contributed by atoms with van der Waals surface area (Å²) in [6, 6.07) is 46.3. The molecule has 8 aromatic carbocycles. The van der Waals surface area contributed by atoms with Crippen molar-refractivity contribution in [2.45, 2.75) is 38.1 Å². The molecule has 0 atom stereocenters. The molecule has 0 radical (unpaired) electrons. The second kappa shape index (κ2) is 14.8. The van der Waals surface area contributed by atoms with Gasteiger partial charge in [0.1, 0.15) is 23.0 Å². The third kappa shape index (κ3) is 6.89. The van der Waals surface area contributed by atoms with Gasteiger partial charge in [0, 0.05) is 28.3 Å². The number of hydrogen-bond donors (Lipinski definition) is 5. The Labute approximate surface area is 297 Å². The maximum Gasteiger partial charge on any atom is 0.124 e. The number of fused-ring (bicyclic) bond motifs is 4. The summed E-state index contributed by atoms with van der Waals surface area (Å²) in [5, 5.41) is 49.6. The molecule has 8 aromatic rings. The number of phenols is 4. The van der Waals surface area contributed by atoms with Crippen molar-refractivity contribution in [3.05, 3.63) is 146 Å². The van der Waals surface area contributed by atoms with E-state index in [9.17, 15) is 20.4 Å². The molecule has 1 aliphatic rings. The smallest absolute Gasteiger partial charge is 0.124 e. The second-order valence-electron chi connectivity index (χ2n) is 13.1. The maximum atomic E-state index is 10.4. The van der Waals surface area contributed by atoms with E-state index in [-0.39, 0.29) is 23.0 Å². The van der Waals surface area contributed by atoms with Crippen molar-refractivity contribution in [3.63, 3.8) is 0 Å². The number of benzene rings is 8. The lowest BCUT2D eigenvalue weighted by Gasteiger charge is -2.15. The van der Waals surface area contributed by atoms with Crippen LogP contribution in [0.5, 0.6) is 23.0 Å². The average Bonchev–Trinajstić information content (AvgIpc) is 3.16. The van der Waals surface area contributed by atoms with E-state index in [0.717, 1.165) is 43.1 Å². The predicted octanol–water partition coefficient (Wildman–Crippen LogP) is 11.4. The van der Waals surface area contributed by atoms with E-state index in [1.807, 2.05) is 121 Å². The van der Waals surface area contributed by atoms with Crippen LogP contribution in [0, 0.1) is 0 Å². The van der Waals surface area contributed by atoms with Crippen molar-refractivity contribution in [2.24, 2.45) is 5.73 Å². The minimum Gasteiger partial charge on any atom is -0.507 e. The van der Waals surface area contributed by atoms with E-state index in [2.05, 4.69) is 0 Å². The number of nitrogens with two attached hydrogens (primary N) is 1. The maximum absolute atomic E-state index is 10.4. The van der Waals surface area contributed by atoms with Gasteiger partial charge in [-0.2, -0.15) is 0 Å². The highest BCUT2D eigenvalue weighted by Crippen LogP contribution is 2.45. The van der Waals surface area contributed by atoms with Crippen LogP contribution in [0.4, 0.5) is 0 Å². The zero-order valence-electron chi connectivity index (χ0n) is 28.3. The van der Waals surface area contributed by atoms with Gasteiger partial charge in [-0.3, -0.25) is 0 Å². The van der Waals surface area contributed by atoms with E-state index >= 15 is 0 Å². The Hall–Kier alpha value is -6.04. The molecule has 0 spiro atoms. The van der Waals surface area contributed by atoms with Crippen LogP contribution in [0.1, 0.15) is 32.1 Å². The molecule has 254 valence electrons. The van der Waals surface area contributed by atoms with Crippen LogP contribution in [-0.2, 0) is 0 Å². The number of rotatable bonds is 2. The first-order valence-corrected chi connectivity index (χ1v) is 17.5. The van der Waals surface area contributed by atoms with Crippen LogP contribution in [0.2, 0.25) is 0 Å². The van der Waals surface area contributed by atoms with E-state index in [1.54, 1.807) is 24.3 Å². The minimum atomic E-state index is 0.172. The lowest BCUT2D eigenvalue weighted by molar-refractivity contribution is 0.441. The SMILES string of the molecule is NC1CCCCC1.Oc1ccc2ccccc2c1-c1c(O)ccc2ccccc12.Oc1ccc2ccccc2c1-c1c(O)ccc2ccccc12. The first-order chi connectivity index (χ1) is 24.9. The molecule has 0 bridgehead atoms. The fourth-order valence-electron chi connectivity index (χ4n) is 7.23. The first-order valence-electron chi connectivity index (χ1n) is 17.5. The fraction of sp³-hybridized carbons (Fsp3) is 0.130. The molecule has 0 unspecified atom stereocenters. The standard InChI is InChI=1S/2C20H14O2.C6H13N/c2*21-17-11-9-13-5-1-3-7-15(13)19(17)20-16-8-4-2-6-14(16)10-12-18(20)22;7-6-4-2-1-3-5-6/h2*1-12,21-22H;6H,1-5,7H2. The number of aromatic hydroxyl groups is 4. The minimum absolute atomic E-state index is 0.172. The van der Waals surface area contributed by atoms with Gasteiger partial charge in [-0.1, -0.05) is 141 Å². The quantitative estimate of drug-likeness (QED) is 0.126. The van der Waals surface area contributed by atoms with Crippen molar-refractivity contribution in [1.29, 1.82) is 0 Å². The molecule has 0 amide bonds. The lowest BCUT2D eigenvalue weighted by atomic mass is 9.92. The molecule has 6 N–H and O–H groups in total. The Bertz CT molecular complexity index is 2150. The molecule has 1 aliphatic carbocycles. The normalized spacial score (nSPS) is 13.0. The molecular weight excluding hydrogens is 631 g/mol. The van der Waals surface area contributed by atoms with Crippen LogP contribution in [0.25, 0.3) is 65.3 Å². The monoisotopic (exact) mass is 671 g/mol. The van der Waals surface area contributed by atoms with Crippen LogP contribution in [0.3, 0.4) is 0 Å². The van der Waals surface area contributed by atoms with Gasteiger partial charge in [-0.25, -0.2) is 0 Å². The zero-order valence-corrected chi connectivity index (χ0v) is 28.3. The molecule has 0 aliphatic heterocycles. The Balaban J connectivity index is 0.000000134. The second-order valence-corrected chi connectivity index (χ2v) is 13.1. The fourth-order valence-corrected chi connectivity index (χ4v) is 7.23. The van der Waals surface area contributed by atoms with Gasteiger partial charge in [0.05, 0.1) is 0 Å². The van der Waals surface area contributed by atoms with E-state index in [4.69, 9.17) is 5.73 Å². The van der Waals surface area contributed by atoms with Gasteiger partial charge in [0.2, 0.25) is 0 Å². The first kappa shape index (κ1) is 33.5. The van der Waals surface area contributed by atoms with Crippen molar-refractivity contribution >= 4 is 43.1 Å². The van der Waals surface area contributed by atoms with E-state index in [1.165, 1.54) is 32.1 Å². The Morgan fingerprint density at radius 2 is 0.588 bits per heavy atom. The summed E-state index contributed by atoms with van der Waals surface area (Å²) in [5.41, 5.74) is 8.33. The molecule has 51 heavy (non-hydrogen) atoms. The highest BCUT2D eigenvalue weighted by atomic mass is 16.3. The third-order valence-corrected chi connectivity index (χ3v) is 9.78. The average molecular weight is 672 g/mol. The summed E-state index contributed by atoms with van der Waals surface area (Å²) >= 11 is 0. The lowest BCUT2D eigenvalue weighted by Crippen LogP contribution is -2.22. The van der Waals surface area contributed by atoms with Crippen LogP contribution < -0.4 is 5.73 Å². The highest BCUT2D eigenvalue weighted by Gasteiger charge is 2.17. The summed E-state index contributed by atoms with van der Waals surface area (Å²) in [5.74, 6) is 0.686. The van der Waals surface area contributed by atoms with Gasteiger partial charge in [-0.05, 0) is 80.2 Å². The van der Waals surface area contributed by atoms with Crippen molar-refractivity contribution in [2.75, 3.05) is 0 Å². The summed E-state index contributed by atoms with van der Waals surface area (Å²) < 4.78 is 0. The molecule has 9 rings (SSSR count). The summed E-state index contributed by atoms with van der Waals surface area (Å²) in [4.78, 5) is 0. The number of hydrogen-bond acceptors (Lipinski definition) is 5. The van der Waals surface area contributed by atoms with Gasteiger partial charge in [0.25, 0.3) is 0 Å². The molecule has 0 saturated heterocycles. The van der Waals surface area contributed by atoms with Crippen LogP contribution in [0.15, 0.2) is 146 Å². The molecule has 0 heterocycles. The molecule has 1 fully saturated rings. The summed E-state index contributed by atoms with van der Waals surface area (Å²) in [6.45, 7) is 0. The third-order valence-electron chi connectivity index (χ3n) is 9.78. The van der Waals surface area contributed by atoms with Gasteiger partial charge >= 0.3 is 0 Å². The topological polar surface area (TPSA) is 107 Å². The van der Waals surface area contributed by atoms with Crippen LogP contribution in [-0.4, -0.2) is 26.5 Å². The number of phenolic OH excluding ortho intramolecular Hbond substituents is 4. The Morgan fingerprint density at radius 1 is 0.333 bits per heavy atom. The van der Waals surface area contributed by atoms with Gasteiger partial charge < -0.3 is 26.2 Å². The molecule has 5 nitrogen and oxygen atoms in total. The van der Waals surface area contributed by atoms with Gasteiger partial charge in [-0.15, -0.1) is 0 Å². The predicted molar refractivity (Wildman–Crippen MR) is 211 cm³/mol. The summed E-state index contributed by atoms with van der Waals surface area (Å²) in [6.07, 6.45) is 6.66. The largest absolute Gasteiger partial charge is 0.507 e. The van der Waals surface area contributed by atoms with Crippen LogP contribution >= 0.6 is 0 Å². The van der Waals surface area contributed by atoms with E-state index in [0.29, 0.717) is 28.3 Å². The van der Waals surface area contributed by atoms with Crippen molar-refractivity contribution < 1.29 is 20.4 Å². The zero-order chi connectivity index (χ0) is 35.3. The van der Waals surface area contributed by atoms with E-state index < -0.39 is 0 Å². The Kier molecular flexibility index (Phi) is 9.73. The highest BCUT2D eigenvalue weighted by molar-refractivity contribution is 6.10. The Morgan fingerprint density at radius 3 is 0.824 bits per heavy atom. The summed E-state index contributed by atoms with van der Waals surface area (Å²) in [7, 11) is 0. The molecule has 1 saturated carbocycles. The molecule has 5 heteroatoms. The van der Waals surface area contributed by atoms with Gasteiger partial charge in [0.15, 0.2) is 0 Å². The molecular formula is C46H41NO4. The van der Waals surface area contributed by atoms with Crippen molar-refractivity contribution in [1.82, 2.24) is 0 Å².